The summed E-state index contributed by atoms with van der Waals surface area (Å²) in [5.41, 5.74) is -0.130. The van der Waals surface area contributed by atoms with Crippen LogP contribution in [0.5, 0.6) is 0 Å². The van der Waals surface area contributed by atoms with E-state index in [1.807, 2.05) is 0 Å². The van der Waals surface area contributed by atoms with Crippen LogP contribution < -0.4 is 11.1 Å². The number of hydrogen-bond donors (Lipinski definition) is 1. The van der Waals surface area contributed by atoms with Gasteiger partial charge in [0.25, 0.3) is 17.1 Å². The number of aryl methyl sites for hydroxylation is 1. The molecular weight excluding hydrogens is 358 g/mol. The molecule has 0 aliphatic heterocycles. The largest absolute Gasteiger partial charge is 0.268 e. The second kappa shape index (κ2) is 5.95. The Morgan fingerprint density at radius 2 is 1.79 bits per heavy atom. The molecule has 5 rings (SSSR count). The van der Waals surface area contributed by atoms with E-state index in [4.69, 9.17) is 0 Å². The van der Waals surface area contributed by atoms with Gasteiger partial charge < -0.3 is 0 Å². The first-order valence-electron chi connectivity index (χ1n) is 8.50. The quantitative estimate of drug-likeness (QED) is 0.471. The van der Waals surface area contributed by atoms with Crippen LogP contribution in [0.25, 0.3) is 33.4 Å². The van der Waals surface area contributed by atoms with Gasteiger partial charge >= 0.3 is 0 Å². The number of nitrogens with zero attached hydrogens (tertiary/aromatic N) is 6. The summed E-state index contributed by atoms with van der Waals surface area (Å²) in [5.74, 6) is 1.33. The van der Waals surface area contributed by atoms with Crippen LogP contribution in [-0.2, 0) is 0 Å². The first kappa shape index (κ1) is 16.1. The van der Waals surface area contributed by atoms with Crippen molar-refractivity contribution in [2.75, 3.05) is 0 Å². The summed E-state index contributed by atoms with van der Waals surface area (Å²) in [6.07, 6.45) is 6.28. The summed E-state index contributed by atoms with van der Waals surface area (Å²) < 4.78 is 2.76. The molecule has 0 amide bonds. The SMILES string of the molecule is Cc1nc(-n2ccc3c(cnc4ccn(-c5ccccn5)c(=O)c43)c2=O)n[nH]1. The maximum absolute atomic E-state index is 13.2. The van der Waals surface area contributed by atoms with Crippen molar-refractivity contribution >= 4 is 21.7 Å². The van der Waals surface area contributed by atoms with E-state index in [-0.39, 0.29) is 17.1 Å². The minimum Gasteiger partial charge on any atom is -0.268 e. The fourth-order valence-corrected chi connectivity index (χ4v) is 3.19. The van der Waals surface area contributed by atoms with E-state index in [0.717, 1.165) is 0 Å². The molecule has 1 N–H and O–H groups in total. The van der Waals surface area contributed by atoms with Gasteiger partial charge in [-0.3, -0.25) is 28.8 Å². The molecular formula is C19H13N7O2. The van der Waals surface area contributed by atoms with Gasteiger partial charge in [-0.15, -0.1) is 5.10 Å². The zero-order valence-electron chi connectivity index (χ0n) is 14.7. The Morgan fingerprint density at radius 1 is 0.929 bits per heavy atom. The predicted octanol–water partition coefficient (Wildman–Crippen LogP) is 1.51. The van der Waals surface area contributed by atoms with Gasteiger partial charge in [0.1, 0.15) is 11.6 Å². The van der Waals surface area contributed by atoms with Crippen LogP contribution in [0.2, 0.25) is 0 Å². The highest BCUT2D eigenvalue weighted by Gasteiger charge is 2.14. The normalized spacial score (nSPS) is 11.3. The number of H-pyrrole nitrogens is 1. The Hall–Kier alpha value is -4.14. The van der Waals surface area contributed by atoms with Gasteiger partial charge in [-0.25, -0.2) is 4.98 Å². The van der Waals surface area contributed by atoms with Crippen LogP contribution >= 0.6 is 0 Å². The first-order valence-corrected chi connectivity index (χ1v) is 8.50. The Bertz CT molecular complexity index is 1470. The summed E-state index contributed by atoms with van der Waals surface area (Å²) in [5, 5.41) is 7.93. The highest BCUT2D eigenvalue weighted by Crippen LogP contribution is 2.19. The molecule has 0 saturated carbocycles. The van der Waals surface area contributed by atoms with Crippen molar-refractivity contribution in [3.8, 4) is 11.8 Å². The van der Waals surface area contributed by atoms with Gasteiger partial charge in [-0.05, 0) is 31.2 Å². The number of aromatic nitrogens is 7. The lowest BCUT2D eigenvalue weighted by Gasteiger charge is -2.08. The summed E-state index contributed by atoms with van der Waals surface area (Å²) >= 11 is 0. The van der Waals surface area contributed by atoms with E-state index < -0.39 is 0 Å². The Kier molecular flexibility index (Phi) is 3.41. The number of fused-ring (bicyclic) bond motifs is 3. The third-order valence-electron chi connectivity index (χ3n) is 4.50. The minimum absolute atomic E-state index is 0.239. The monoisotopic (exact) mass is 371 g/mol. The van der Waals surface area contributed by atoms with Crippen LogP contribution in [-0.4, -0.2) is 34.3 Å². The third-order valence-corrected chi connectivity index (χ3v) is 4.50. The highest BCUT2D eigenvalue weighted by molar-refractivity contribution is 6.04. The van der Waals surface area contributed by atoms with Gasteiger partial charge in [-0.2, -0.15) is 4.98 Å². The fraction of sp³-hybridized carbons (Fsp3) is 0.0526. The maximum Gasteiger partial charge on any atom is 0.266 e. The molecule has 0 bridgehead atoms. The summed E-state index contributed by atoms with van der Waals surface area (Å²) in [6, 6.07) is 8.76. The van der Waals surface area contributed by atoms with E-state index in [9.17, 15) is 9.59 Å². The number of hydrogen-bond acceptors (Lipinski definition) is 6. The highest BCUT2D eigenvalue weighted by atomic mass is 16.1. The standard InChI is InChI=1S/C19H13N7O2/c1-11-22-19(24-23-11)26-8-5-12-13(17(26)27)10-21-14-6-9-25(18(28)16(12)14)15-4-2-3-7-20-15/h2-10H,1H3,(H,22,23,24). The van der Waals surface area contributed by atoms with E-state index in [1.165, 1.54) is 15.3 Å². The molecule has 9 heteroatoms. The van der Waals surface area contributed by atoms with Crippen molar-refractivity contribution in [2.45, 2.75) is 6.92 Å². The van der Waals surface area contributed by atoms with Gasteiger partial charge in [0, 0.05) is 30.2 Å². The molecule has 136 valence electrons. The molecule has 0 saturated heterocycles. The summed E-state index contributed by atoms with van der Waals surface area (Å²) in [6.45, 7) is 1.75. The lowest BCUT2D eigenvalue weighted by Crippen LogP contribution is -2.22. The van der Waals surface area contributed by atoms with Gasteiger partial charge in [0.2, 0.25) is 0 Å². The molecule has 0 aliphatic carbocycles. The summed E-state index contributed by atoms with van der Waals surface area (Å²) in [7, 11) is 0. The molecule has 0 unspecified atom stereocenters. The van der Waals surface area contributed by atoms with Crippen molar-refractivity contribution in [1.29, 1.82) is 0 Å². The molecule has 0 radical (unpaired) electrons. The summed E-state index contributed by atoms with van der Waals surface area (Å²) in [4.78, 5) is 38.8. The van der Waals surface area contributed by atoms with Gasteiger partial charge in [-0.1, -0.05) is 6.07 Å². The molecule has 9 nitrogen and oxygen atoms in total. The van der Waals surface area contributed by atoms with Crippen LogP contribution in [0.4, 0.5) is 0 Å². The number of pyridine rings is 4. The molecule has 0 aromatic carbocycles. The Morgan fingerprint density at radius 3 is 2.54 bits per heavy atom. The van der Waals surface area contributed by atoms with Crippen molar-refractivity contribution in [1.82, 2.24) is 34.3 Å². The number of nitrogens with one attached hydrogen (secondary N) is 1. The molecule has 0 spiro atoms. The smallest absolute Gasteiger partial charge is 0.266 e. The molecule has 0 atom stereocenters. The van der Waals surface area contributed by atoms with Crippen molar-refractivity contribution in [2.24, 2.45) is 0 Å². The van der Waals surface area contributed by atoms with Gasteiger partial charge in [0.05, 0.1) is 16.3 Å². The van der Waals surface area contributed by atoms with Crippen LogP contribution in [0.3, 0.4) is 0 Å². The van der Waals surface area contributed by atoms with Crippen molar-refractivity contribution in [3.05, 3.63) is 81.7 Å². The predicted molar refractivity (Wildman–Crippen MR) is 103 cm³/mol. The molecule has 28 heavy (non-hydrogen) atoms. The minimum atomic E-state index is -0.349. The van der Waals surface area contributed by atoms with Crippen LogP contribution in [0, 0.1) is 6.92 Å². The second-order valence-corrected chi connectivity index (χ2v) is 6.24. The van der Waals surface area contributed by atoms with Crippen molar-refractivity contribution < 1.29 is 0 Å². The van der Waals surface area contributed by atoms with Crippen LogP contribution in [0.1, 0.15) is 5.82 Å². The third kappa shape index (κ3) is 2.33. The topological polar surface area (TPSA) is 111 Å². The Balaban J connectivity index is 1.83. The van der Waals surface area contributed by atoms with E-state index in [2.05, 4.69) is 25.1 Å². The van der Waals surface area contributed by atoms with E-state index in [0.29, 0.717) is 33.3 Å². The molecule has 5 heterocycles. The molecule has 0 fully saturated rings. The molecule has 5 aromatic heterocycles. The Labute approximate surface area is 157 Å². The number of aromatic amines is 1. The average molecular weight is 371 g/mol. The number of rotatable bonds is 2. The lowest BCUT2D eigenvalue weighted by molar-refractivity contribution is 0.902. The average Bonchev–Trinajstić information content (AvgIpc) is 3.15. The first-order chi connectivity index (χ1) is 13.6. The zero-order chi connectivity index (χ0) is 19.3. The van der Waals surface area contributed by atoms with Crippen molar-refractivity contribution in [3.63, 3.8) is 0 Å². The molecule has 5 aromatic rings. The fourth-order valence-electron chi connectivity index (χ4n) is 3.19. The van der Waals surface area contributed by atoms with Crippen LogP contribution in [0.15, 0.2) is 64.7 Å². The zero-order valence-corrected chi connectivity index (χ0v) is 14.7. The van der Waals surface area contributed by atoms with E-state index >= 15 is 0 Å². The second-order valence-electron chi connectivity index (χ2n) is 6.24. The van der Waals surface area contributed by atoms with Gasteiger partial charge in [0.15, 0.2) is 0 Å². The lowest BCUT2D eigenvalue weighted by atomic mass is 10.1. The maximum atomic E-state index is 13.2. The van der Waals surface area contributed by atoms with E-state index in [1.54, 1.807) is 55.8 Å². The molecule has 0 aliphatic rings.